The van der Waals surface area contributed by atoms with E-state index in [1.165, 1.54) is 12.1 Å². The third-order valence-electron chi connectivity index (χ3n) is 3.91. The van der Waals surface area contributed by atoms with Gasteiger partial charge in [-0.15, -0.1) is 0 Å². The van der Waals surface area contributed by atoms with Crippen LogP contribution in [0.5, 0.6) is 0 Å². The summed E-state index contributed by atoms with van der Waals surface area (Å²) in [5.74, 6) is -0.479. The molecule has 0 radical (unpaired) electrons. The highest BCUT2D eigenvalue weighted by Gasteiger charge is 2.23. The number of sulfonamides is 1. The lowest BCUT2D eigenvalue weighted by atomic mass is 10.2. The number of hydrogen-bond acceptors (Lipinski definition) is 4. The predicted octanol–water partition coefficient (Wildman–Crippen LogP) is 0.922. The van der Waals surface area contributed by atoms with Crippen LogP contribution in [-0.4, -0.2) is 24.9 Å². The molecule has 2 aromatic rings. The van der Waals surface area contributed by atoms with E-state index in [0.717, 1.165) is 22.6 Å². The molecule has 8 nitrogen and oxygen atoms in total. The summed E-state index contributed by atoms with van der Waals surface area (Å²) >= 11 is 0. The maximum Gasteiger partial charge on any atom is 0.326 e. The van der Waals surface area contributed by atoms with Gasteiger partial charge in [-0.1, -0.05) is 0 Å². The Morgan fingerprint density at radius 2 is 1.72 bits per heavy atom. The third kappa shape index (κ3) is 3.19. The van der Waals surface area contributed by atoms with Crippen molar-refractivity contribution in [2.45, 2.75) is 18.7 Å². The first-order valence-electron chi connectivity index (χ1n) is 7.33. The van der Waals surface area contributed by atoms with Gasteiger partial charge in [0.25, 0.3) is 5.91 Å². The molecule has 1 aliphatic heterocycles. The molecule has 1 aromatic heterocycles. The molecule has 0 spiro atoms. The highest BCUT2D eigenvalue weighted by molar-refractivity contribution is 7.89. The maximum absolute atomic E-state index is 11.7. The summed E-state index contributed by atoms with van der Waals surface area (Å²) in [6, 6.07) is 7.50. The molecule has 0 saturated carbocycles. The van der Waals surface area contributed by atoms with Crippen LogP contribution in [0.4, 0.5) is 4.79 Å². The quantitative estimate of drug-likeness (QED) is 0.556. The van der Waals surface area contributed by atoms with E-state index in [2.05, 4.69) is 10.6 Å². The fraction of sp³-hybridized carbons (Fsp3) is 0.125. The van der Waals surface area contributed by atoms with Gasteiger partial charge in [0.15, 0.2) is 0 Å². The topological polar surface area (TPSA) is 123 Å². The number of rotatable bonds is 3. The summed E-state index contributed by atoms with van der Waals surface area (Å²) in [4.78, 5) is 22.9. The number of carbonyl (C=O) groups excluding carboxylic acids is 2. The Morgan fingerprint density at radius 3 is 2.24 bits per heavy atom. The van der Waals surface area contributed by atoms with Gasteiger partial charge < -0.3 is 9.88 Å². The summed E-state index contributed by atoms with van der Waals surface area (Å²) in [5.41, 5.74) is 3.42. The number of carbonyl (C=O) groups is 2. The van der Waals surface area contributed by atoms with E-state index in [-0.39, 0.29) is 10.6 Å². The number of nitrogens with zero attached hydrogens (tertiary/aromatic N) is 1. The SMILES string of the molecule is Cc1cc(/C=C2\NC(=O)NC2=O)c(C)n1-c1ccc(S(N)(=O)=O)cc1. The molecule has 3 amide bonds. The number of urea groups is 1. The maximum atomic E-state index is 11.7. The van der Waals surface area contributed by atoms with Crippen molar-refractivity contribution in [3.05, 3.63) is 53.0 Å². The summed E-state index contributed by atoms with van der Waals surface area (Å²) in [6.45, 7) is 3.75. The lowest BCUT2D eigenvalue weighted by Gasteiger charge is -2.10. The summed E-state index contributed by atoms with van der Waals surface area (Å²) < 4.78 is 24.6. The molecule has 25 heavy (non-hydrogen) atoms. The number of aromatic nitrogens is 1. The first kappa shape index (κ1) is 16.9. The van der Waals surface area contributed by atoms with Crippen LogP contribution in [0.25, 0.3) is 11.8 Å². The van der Waals surface area contributed by atoms with Crippen LogP contribution in [0.2, 0.25) is 0 Å². The smallest absolute Gasteiger partial charge is 0.318 e. The minimum absolute atomic E-state index is 0.0337. The van der Waals surface area contributed by atoms with Gasteiger partial charge in [0, 0.05) is 17.1 Å². The normalized spacial score (nSPS) is 16.2. The fourth-order valence-corrected chi connectivity index (χ4v) is 3.27. The molecule has 4 N–H and O–H groups in total. The number of aryl methyl sites for hydroxylation is 1. The summed E-state index contributed by atoms with van der Waals surface area (Å²) in [7, 11) is -3.75. The van der Waals surface area contributed by atoms with E-state index in [4.69, 9.17) is 5.14 Å². The molecule has 1 aliphatic rings. The van der Waals surface area contributed by atoms with E-state index in [1.54, 1.807) is 18.2 Å². The Kier molecular flexibility index (Phi) is 3.97. The third-order valence-corrected chi connectivity index (χ3v) is 4.84. The molecule has 0 bridgehead atoms. The Hall–Kier alpha value is -2.91. The molecule has 0 aliphatic carbocycles. The Bertz CT molecular complexity index is 1020. The number of nitrogens with one attached hydrogen (secondary N) is 2. The molecule has 1 saturated heterocycles. The molecule has 3 rings (SSSR count). The van der Waals surface area contributed by atoms with Gasteiger partial charge >= 0.3 is 6.03 Å². The second-order valence-electron chi connectivity index (χ2n) is 5.67. The molecule has 9 heteroatoms. The van der Waals surface area contributed by atoms with Gasteiger partial charge in [0.05, 0.1) is 4.90 Å². The largest absolute Gasteiger partial charge is 0.326 e. The van der Waals surface area contributed by atoms with Crippen LogP contribution in [0.15, 0.2) is 40.9 Å². The van der Waals surface area contributed by atoms with Gasteiger partial charge in [0.1, 0.15) is 5.70 Å². The zero-order chi connectivity index (χ0) is 18.4. The first-order valence-corrected chi connectivity index (χ1v) is 8.87. The number of benzene rings is 1. The molecule has 0 unspecified atom stereocenters. The minimum atomic E-state index is -3.75. The molecule has 0 atom stereocenters. The van der Waals surface area contributed by atoms with Gasteiger partial charge in [0.2, 0.25) is 10.0 Å². The fourth-order valence-electron chi connectivity index (χ4n) is 2.75. The lowest BCUT2D eigenvalue weighted by molar-refractivity contribution is -0.115. The Labute approximate surface area is 144 Å². The van der Waals surface area contributed by atoms with Crippen LogP contribution >= 0.6 is 0 Å². The first-order chi connectivity index (χ1) is 11.7. The van der Waals surface area contributed by atoms with E-state index >= 15 is 0 Å². The second-order valence-corrected chi connectivity index (χ2v) is 7.23. The van der Waals surface area contributed by atoms with Crippen molar-refractivity contribution in [1.82, 2.24) is 15.2 Å². The van der Waals surface area contributed by atoms with Crippen molar-refractivity contribution < 1.29 is 18.0 Å². The van der Waals surface area contributed by atoms with E-state index in [9.17, 15) is 18.0 Å². The van der Waals surface area contributed by atoms with Gasteiger partial charge in [-0.05, 0) is 55.8 Å². The second kappa shape index (κ2) is 5.87. The molecule has 2 heterocycles. The predicted molar refractivity (Wildman–Crippen MR) is 91.3 cm³/mol. The summed E-state index contributed by atoms with van der Waals surface area (Å²) in [6.07, 6.45) is 1.60. The highest BCUT2D eigenvalue weighted by Crippen LogP contribution is 2.23. The van der Waals surface area contributed by atoms with Crippen molar-refractivity contribution in [2.75, 3.05) is 0 Å². The average molecular weight is 360 g/mol. The van der Waals surface area contributed by atoms with Crippen LogP contribution < -0.4 is 15.8 Å². The van der Waals surface area contributed by atoms with Gasteiger partial charge in [-0.3, -0.25) is 10.1 Å². The van der Waals surface area contributed by atoms with Crippen molar-refractivity contribution >= 4 is 28.0 Å². The zero-order valence-electron chi connectivity index (χ0n) is 13.5. The van der Waals surface area contributed by atoms with Gasteiger partial charge in [-0.25, -0.2) is 18.4 Å². The Balaban J connectivity index is 2.02. The number of hydrogen-bond donors (Lipinski definition) is 3. The summed E-state index contributed by atoms with van der Waals surface area (Å²) in [5, 5.41) is 9.70. The Morgan fingerprint density at radius 1 is 1.08 bits per heavy atom. The van der Waals surface area contributed by atoms with Crippen LogP contribution in [-0.2, 0) is 14.8 Å². The van der Waals surface area contributed by atoms with Crippen LogP contribution in [0.3, 0.4) is 0 Å². The minimum Gasteiger partial charge on any atom is -0.318 e. The van der Waals surface area contributed by atoms with Gasteiger partial charge in [-0.2, -0.15) is 0 Å². The molecular weight excluding hydrogens is 344 g/mol. The highest BCUT2D eigenvalue weighted by atomic mass is 32.2. The number of amides is 3. The molecule has 1 fully saturated rings. The van der Waals surface area contributed by atoms with Crippen LogP contribution in [0.1, 0.15) is 17.0 Å². The number of primary sulfonamides is 1. The van der Waals surface area contributed by atoms with E-state index < -0.39 is 22.0 Å². The zero-order valence-corrected chi connectivity index (χ0v) is 14.3. The van der Waals surface area contributed by atoms with Crippen molar-refractivity contribution in [3.8, 4) is 5.69 Å². The molecule has 130 valence electrons. The lowest BCUT2D eigenvalue weighted by Crippen LogP contribution is -2.22. The van der Waals surface area contributed by atoms with E-state index in [0.29, 0.717) is 0 Å². The van der Waals surface area contributed by atoms with Crippen molar-refractivity contribution in [2.24, 2.45) is 5.14 Å². The number of imide groups is 1. The number of nitrogens with two attached hydrogens (primary N) is 1. The molecule has 1 aromatic carbocycles. The average Bonchev–Trinajstić information content (AvgIpc) is 2.98. The monoisotopic (exact) mass is 360 g/mol. The standard InChI is InChI=1S/C16H16N4O4S/c1-9-7-11(8-14-15(21)19-16(22)18-14)10(2)20(9)12-3-5-13(6-4-12)25(17,23)24/h3-8H,1-2H3,(H2,17,23,24)(H2,18,19,21,22)/b14-8-. The van der Waals surface area contributed by atoms with Crippen molar-refractivity contribution in [3.63, 3.8) is 0 Å². The van der Waals surface area contributed by atoms with Crippen molar-refractivity contribution in [1.29, 1.82) is 0 Å². The van der Waals surface area contributed by atoms with E-state index in [1.807, 2.05) is 24.5 Å². The van der Waals surface area contributed by atoms with Crippen LogP contribution in [0, 0.1) is 13.8 Å². The molecular formula is C16H16N4O4S.